The van der Waals surface area contributed by atoms with E-state index in [0.717, 1.165) is 34.5 Å². The Hall–Kier alpha value is -2.79. The summed E-state index contributed by atoms with van der Waals surface area (Å²) < 4.78 is 0. The second kappa shape index (κ2) is 7.41. The molecule has 1 atom stereocenters. The van der Waals surface area contributed by atoms with E-state index < -0.39 is 11.0 Å². The molecule has 1 N–H and O–H groups in total. The van der Waals surface area contributed by atoms with E-state index in [4.69, 9.17) is 11.6 Å². The Morgan fingerprint density at radius 2 is 1.97 bits per heavy atom. The summed E-state index contributed by atoms with van der Waals surface area (Å²) in [5.41, 5.74) is 3.89. The summed E-state index contributed by atoms with van der Waals surface area (Å²) in [6, 6.07) is 12.0. The molecule has 2 aromatic carbocycles. The molecule has 0 aromatic heterocycles. The quantitative estimate of drug-likeness (QED) is 0.709. The van der Waals surface area contributed by atoms with Crippen LogP contribution < -0.4 is 10.2 Å². The van der Waals surface area contributed by atoms with Gasteiger partial charge in [-0.15, -0.1) is 0 Å². The van der Waals surface area contributed by atoms with Crippen molar-refractivity contribution in [1.29, 1.82) is 0 Å². The third-order valence-electron chi connectivity index (χ3n) is 6.79. The van der Waals surface area contributed by atoms with Crippen LogP contribution in [0.5, 0.6) is 0 Å². The lowest BCUT2D eigenvalue weighted by molar-refractivity contribution is -0.125. The van der Waals surface area contributed by atoms with Gasteiger partial charge >= 0.3 is 0 Å². The Labute approximate surface area is 188 Å². The first-order valence-corrected chi connectivity index (χ1v) is 10.9. The maximum absolute atomic E-state index is 12.7. The van der Waals surface area contributed by atoms with Crippen LogP contribution in [0.15, 0.2) is 49.1 Å². The number of amides is 2. The van der Waals surface area contributed by atoms with Crippen molar-refractivity contribution >= 4 is 34.8 Å². The standard InChI is InChI=1S/C25H28ClN3O2/c1-6-22(30)29-13-12-25(15-29,18-8-7-9-20(26)16(18)2)27-17-10-11-19-21(14-17)28(5)23(31)24(19,3)4/h6-11,14,27H,1,12-13,15H2,2-5H3/t25-/m0/s1. The number of benzene rings is 2. The number of anilines is 2. The van der Waals surface area contributed by atoms with Gasteiger partial charge < -0.3 is 15.1 Å². The Kier molecular flexibility index (Phi) is 5.13. The van der Waals surface area contributed by atoms with E-state index in [2.05, 4.69) is 18.0 Å². The number of likely N-dealkylation sites (N-methyl/N-ethyl adjacent to an activating group) is 1. The second-order valence-corrected chi connectivity index (χ2v) is 9.46. The Bertz CT molecular complexity index is 1090. The monoisotopic (exact) mass is 437 g/mol. The molecule has 2 aliphatic rings. The van der Waals surface area contributed by atoms with Gasteiger partial charge in [-0.3, -0.25) is 9.59 Å². The van der Waals surface area contributed by atoms with Crippen LogP contribution in [-0.2, 0) is 20.5 Å². The average Bonchev–Trinajstić information content (AvgIpc) is 3.24. The molecule has 1 saturated heterocycles. The minimum absolute atomic E-state index is 0.0793. The molecular weight excluding hydrogens is 410 g/mol. The smallest absolute Gasteiger partial charge is 0.246 e. The molecule has 6 heteroatoms. The maximum atomic E-state index is 12.7. The number of carbonyl (C=O) groups excluding carboxylic acids is 2. The molecule has 5 nitrogen and oxygen atoms in total. The Morgan fingerprint density at radius 3 is 2.68 bits per heavy atom. The number of likely N-dealkylation sites (tertiary alicyclic amines) is 1. The van der Waals surface area contributed by atoms with E-state index in [0.29, 0.717) is 18.1 Å². The van der Waals surface area contributed by atoms with Gasteiger partial charge in [-0.1, -0.05) is 36.4 Å². The summed E-state index contributed by atoms with van der Waals surface area (Å²) in [6.07, 6.45) is 2.10. The van der Waals surface area contributed by atoms with Gasteiger partial charge in [0.25, 0.3) is 0 Å². The van der Waals surface area contributed by atoms with Gasteiger partial charge in [-0.05, 0) is 68.2 Å². The molecule has 31 heavy (non-hydrogen) atoms. The lowest BCUT2D eigenvalue weighted by Crippen LogP contribution is -2.40. The molecule has 2 aromatic rings. The van der Waals surface area contributed by atoms with E-state index >= 15 is 0 Å². The first kappa shape index (κ1) is 21.4. The largest absolute Gasteiger partial charge is 0.374 e. The lowest BCUT2D eigenvalue weighted by Gasteiger charge is -2.34. The molecule has 162 valence electrons. The normalized spacial score (nSPS) is 21.9. The van der Waals surface area contributed by atoms with Crippen molar-refractivity contribution < 1.29 is 9.59 Å². The molecule has 2 amide bonds. The van der Waals surface area contributed by atoms with Gasteiger partial charge in [0.2, 0.25) is 11.8 Å². The van der Waals surface area contributed by atoms with Crippen molar-refractivity contribution in [2.45, 2.75) is 38.1 Å². The Balaban J connectivity index is 1.77. The van der Waals surface area contributed by atoms with Gasteiger partial charge in [0.15, 0.2) is 0 Å². The van der Waals surface area contributed by atoms with E-state index in [1.54, 1.807) is 4.90 Å². The van der Waals surface area contributed by atoms with Crippen LogP contribution in [0.2, 0.25) is 5.02 Å². The predicted octanol–water partition coefficient (Wildman–Crippen LogP) is 4.63. The molecular formula is C25H28ClN3O2. The lowest BCUT2D eigenvalue weighted by atomic mass is 9.84. The number of hydrogen-bond donors (Lipinski definition) is 1. The summed E-state index contributed by atoms with van der Waals surface area (Å²) in [5.74, 6) is 0.00746. The van der Waals surface area contributed by atoms with Gasteiger partial charge in [0.1, 0.15) is 0 Å². The summed E-state index contributed by atoms with van der Waals surface area (Å²) in [5, 5.41) is 4.42. The number of hydrogen-bond acceptors (Lipinski definition) is 3. The zero-order chi connectivity index (χ0) is 22.6. The highest BCUT2D eigenvalue weighted by molar-refractivity contribution is 6.31. The summed E-state index contributed by atoms with van der Waals surface area (Å²) in [4.78, 5) is 28.6. The number of rotatable bonds is 4. The zero-order valence-electron chi connectivity index (χ0n) is 18.5. The molecule has 0 unspecified atom stereocenters. The number of nitrogens with zero attached hydrogens (tertiary/aromatic N) is 2. The number of nitrogens with one attached hydrogen (secondary N) is 1. The van der Waals surface area contributed by atoms with Crippen LogP contribution in [0.1, 0.15) is 37.0 Å². The molecule has 0 aliphatic carbocycles. The van der Waals surface area contributed by atoms with Crippen LogP contribution in [0.3, 0.4) is 0 Å². The van der Waals surface area contributed by atoms with Crippen molar-refractivity contribution in [3.63, 3.8) is 0 Å². The zero-order valence-corrected chi connectivity index (χ0v) is 19.2. The number of carbonyl (C=O) groups is 2. The molecule has 2 aliphatic heterocycles. The van der Waals surface area contributed by atoms with Crippen LogP contribution in [0.4, 0.5) is 11.4 Å². The third-order valence-corrected chi connectivity index (χ3v) is 7.20. The summed E-state index contributed by atoms with van der Waals surface area (Å²) in [6.45, 7) is 10.7. The highest BCUT2D eigenvalue weighted by Gasteiger charge is 2.44. The van der Waals surface area contributed by atoms with Crippen molar-refractivity contribution in [2.24, 2.45) is 0 Å². The van der Waals surface area contributed by atoms with E-state index in [9.17, 15) is 9.59 Å². The van der Waals surface area contributed by atoms with Crippen LogP contribution >= 0.6 is 11.6 Å². The van der Waals surface area contributed by atoms with E-state index in [1.807, 2.05) is 63.1 Å². The molecule has 0 radical (unpaired) electrons. The second-order valence-electron chi connectivity index (χ2n) is 9.05. The molecule has 1 fully saturated rings. The van der Waals surface area contributed by atoms with Crippen LogP contribution in [0, 0.1) is 6.92 Å². The maximum Gasteiger partial charge on any atom is 0.246 e. The van der Waals surface area contributed by atoms with Gasteiger partial charge in [0, 0.05) is 36.5 Å². The summed E-state index contributed by atoms with van der Waals surface area (Å²) >= 11 is 6.46. The SMILES string of the molecule is C=CC(=O)N1CC[C@@](Nc2ccc3c(c2)N(C)C(=O)C3(C)C)(c2cccc(Cl)c2C)C1. The van der Waals surface area contributed by atoms with Crippen molar-refractivity contribution in [3.05, 3.63) is 70.8 Å². The minimum Gasteiger partial charge on any atom is -0.374 e. The first-order valence-electron chi connectivity index (χ1n) is 10.5. The van der Waals surface area contributed by atoms with E-state index in [1.165, 1.54) is 6.08 Å². The molecule has 0 spiro atoms. The third kappa shape index (κ3) is 3.32. The van der Waals surface area contributed by atoms with Crippen LogP contribution in [-0.4, -0.2) is 36.9 Å². The minimum atomic E-state index is -0.537. The summed E-state index contributed by atoms with van der Waals surface area (Å²) in [7, 11) is 1.82. The molecule has 2 heterocycles. The fraction of sp³-hybridized carbons (Fsp3) is 0.360. The van der Waals surface area contributed by atoms with Crippen molar-refractivity contribution in [1.82, 2.24) is 4.90 Å². The average molecular weight is 438 g/mol. The number of halogens is 1. The molecule has 0 saturated carbocycles. The Morgan fingerprint density at radius 1 is 1.23 bits per heavy atom. The number of fused-ring (bicyclic) bond motifs is 1. The fourth-order valence-corrected chi connectivity index (χ4v) is 5.15. The topological polar surface area (TPSA) is 52.7 Å². The van der Waals surface area contributed by atoms with Crippen LogP contribution in [0.25, 0.3) is 0 Å². The molecule has 0 bridgehead atoms. The van der Waals surface area contributed by atoms with Gasteiger partial charge in [-0.2, -0.15) is 0 Å². The highest BCUT2D eigenvalue weighted by Crippen LogP contribution is 2.44. The highest BCUT2D eigenvalue weighted by atomic mass is 35.5. The van der Waals surface area contributed by atoms with E-state index in [-0.39, 0.29) is 11.8 Å². The van der Waals surface area contributed by atoms with Crippen molar-refractivity contribution in [3.8, 4) is 0 Å². The predicted molar refractivity (Wildman–Crippen MR) is 126 cm³/mol. The van der Waals surface area contributed by atoms with Gasteiger partial charge in [0.05, 0.1) is 11.0 Å². The van der Waals surface area contributed by atoms with Crippen molar-refractivity contribution in [2.75, 3.05) is 30.4 Å². The fourth-order valence-electron chi connectivity index (χ4n) is 4.98. The first-order chi connectivity index (χ1) is 14.6. The van der Waals surface area contributed by atoms with Gasteiger partial charge in [-0.25, -0.2) is 0 Å². The molecule has 4 rings (SSSR count).